The number of unbranched alkanes of at least 4 members (excludes halogenated alkanes) is 1. The van der Waals surface area contributed by atoms with Gasteiger partial charge in [-0.2, -0.15) is 0 Å². The second-order valence-corrected chi connectivity index (χ2v) is 7.06. The van der Waals surface area contributed by atoms with Crippen LogP contribution in [0.25, 0.3) is 0 Å². The Morgan fingerprint density at radius 1 is 1.12 bits per heavy atom. The largest absolute Gasteiger partial charge is 0.483 e. The molecular weight excluding hydrogens is 332 g/mol. The van der Waals surface area contributed by atoms with E-state index in [1.807, 2.05) is 0 Å². The fourth-order valence-corrected chi connectivity index (χ4v) is 3.12. The Bertz CT molecular complexity index is 496. The molecule has 0 bridgehead atoms. The second-order valence-electron chi connectivity index (χ2n) is 7.06. The third-order valence-electron chi connectivity index (χ3n) is 4.62. The molecule has 0 saturated carbocycles. The number of allylic oxidation sites excluding steroid dienone is 1. The number of hydrogen-bond donors (Lipinski definition) is 0. The van der Waals surface area contributed by atoms with Crippen LogP contribution in [0.3, 0.4) is 0 Å². The number of methoxy groups -OCH3 is 2. The van der Waals surface area contributed by atoms with E-state index < -0.39 is 0 Å². The predicted molar refractivity (Wildman–Crippen MR) is 104 cm³/mol. The monoisotopic (exact) mass is 366 g/mol. The third kappa shape index (κ3) is 6.40. The zero-order valence-corrected chi connectivity index (χ0v) is 16.6. The summed E-state index contributed by atoms with van der Waals surface area (Å²) in [6.45, 7) is 5.79. The maximum Gasteiger partial charge on any atom is 0.209 e. The van der Waals surface area contributed by atoms with Crippen LogP contribution in [0, 0.1) is 5.92 Å². The maximum atomic E-state index is 5.74. The lowest BCUT2D eigenvalue weighted by Gasteiger charge is -2.26. The predicted octanol–water partition coefficient (Wildman–Crippen LogP) is 3.75. The summed E-state index contributed by atoms with van der Waals surface area (Å²) in [6.07, 6.45) is 10.4. The first kappa shape index (κ1) is 20.9. The summed E-state index contributed by atoms with van der Waals surface area (Å²) in [5, 5.41) is 0. The van der Waals surface area contributed by atoms with E-state index in [2.05, 4.69) is 31.0 Å². The first-order chi connectivity index (χ1) is 12.7. The fourth-order valence-electron chi connectivity index (χ4n) is 3.12. The van der Waals surface area contributed by atoms with Gasteiger partial charge in [-0.1, -0.05) is 26.0 Å². The van der Waals surface area contributed by atoms with Gasteiger partial charge in [0.1, 0.15) is 12.1 Å². The summed E-state index contributed by atoms with van der Waals surface area (Å²) >= 11 is 0. The second kappa shape index (κ2) is 11.3. The number of ether oxygens (including phenoxy) is 4. The lowest BCUT2D eigenvalue weighted by Crippen LogP contribution is -2.37. The van der Waals surface area contributed by atoms with Gasteiger partial charge in [-0.3, -0.25) is 0 Å². The first-order valence-corrected chi connectivity index (χ1v) is 9.77. The molecule has 1 saturated heterocycles. The molecule has 0 amide bonds. The van der Waals surface area contributed by atoms with Crippen molar-refractivity contribution in [2.75, 3.05) is 27.4 Å². The van der Waals surface area contributed by atoms with Gasteiger partial charge in [0.25, 0.3) is 0 Å². The lowest BCUT2D eigenvalue weighted by molar-refractivity contribution is -0.162. The molecule has 0 aliphatic carbocycles. The minimum Gasteiger partial charge on any atom is -0.483 e. The van der Waals surface area contributed by atoms with Crippen molar-refractivity contribution in [1.29, 1.82) is 0 Å². The molecule has 2 aliphatic heterocycles. The Hall–Kier alpha value is -1.40. The average Bonchev–Trinajstić information content (AvgIpc) is 2.67. The highest BCUT2D eigenvalue weighted by Gasteiger charge is 2.30. The van der Waals surface area contributed by atoms with E-state index in [0.29, 0.717) is 17.7 Å². The zero-order valence-electron chi connectivity index (χ0n) is 16.6. The molecule has 26 heavy (non-hydrogen) atoms. The van der Waals surface area contributed by atoms with Crippen LogP contribution in [-0.4, -0.2) is 57.6 Å². The topological polar surface area (TPSA) is 61.6 Å². The Morgan fingerprint density at radius 2 is 1.92 bits per heavy atom. The molecule has 2 aliphatic rings. The van der Waals surface area contributed by atoms with Crippen molar-refractivity contribution in [2.24, 2.45) is 15.9 Å². The lowest BCUT2D eigenvalue weighted by atomic mass is 10.0. The molecule has 148 valence electrons. The van der Waals surface area contributed by atoms with Crippen LogP contribution >= 0.6 is 0 Å². The van der Waals surface area contributed by atoms with E-state index >= 15 is 0 Å². The van der Waals surface area contributed by atoms with Gasteiger partial charge < -0.3 is 18.9 Å². The van der Waals surface area contributed by atoms with Gasteiger partial charge in [-0.25, -0.2) is 9.98 Å². The normalized spacial score (nSPS) is 26.7. The molecule has 0 aromatic heterocycles. The van der Waals surface area contributed by atoms with Gasteiger partial charge in [-0.05, 0) is 44.4 Å². The molecule has 0 aromatic rings. The van der Waals surface area contributed by atoms with Gasteiger partial charge in [0, 0.05) is 6.61 Å². The van der Waals surface area contributed by atoms with Crippen molar-refractivity contribution in [1.82, 2.24) is 0 Å². The van der Waals surface area contributed by atoms with Crippen LogP contribution in [0.4, 0.5) is 0 Å². The molecule has 2 heterocycles. The van der Waals surface area contributed by atoms with E-state index in [0.717, 1.165) is 45.3 Å². The van der Waals surface area contributed by atoms with Crippen molar-refractivity contribution >= 4 is 11.8 Å². The van der Waals surface area contributed by atoms with Gasteiger partial charge in [0.2, 0.25) is 11.8 Å². The van der Waals surface area contributed by atoms with Crippen LogP contribution in [0.2, 0.25) is 0 Å². The highest BCUT2D eigenvalue weighted by atomic mass is 16.7. The van der Waals surface area contributed by atoms with E-state index in [4.69, 9.17) is 23.9 Å². The molecule has 0 radical (unpaired) electrons. The van der Waals surface area contributed by atoms with Crippen LogP contribution in [0.5, 0.6) is 0 Å². The molecule has 6 nitrogen and oxygen atoms in total. The van der Waals surface area contributed by atoms with Crippen molar-refractivity contribution in [3.8, 4) is 0 Å². The van der Waals surface area contributed by atoms with Gasteiger partial charge >= 0.3 is 0 Å². The number of nitrogens with zero attached hydrogens (tertiary/aromatic N) is 2. The molecule has 1 fully saturated rings. The Labute approximate surface area is 157 Å². The molecule has 1 unspecified atom stereocenters. The number of rotatable bonds is 8. The summed E-state index contributed by atoms with van der Waals surface area (Å²) in [4.78, 5) is 9.38. The van der Waals surface area contributed by atoms with Gasteiger partial charge in [-0.15, -0.1) is 0 Å². The van der Waals surface area contributed by atoms with Gasteiger partial charge in [0.15, 0.2) is 6.29 Å². The quantitative estimate of drug-likeness (QED) is 0.485. The number of hydrogen-bond acceptors (Lipinski definition) is 6. The molecule has 0 N–H and O–H groups in total. The Morgan fingerprint density at radius 3 is 2.58 bits per heavy atom. The minimum absolute atomic E-state index is 0.00569. The van der Waals surface area contributed by atoms with Crippen LogP contribution < -0.4 is 0 Å². The molecule has 0 aromatic carbocycles. The van der Waals surface area contributed by atoms with Crippen molar-refractivity contribution < 1.29 is 18.9 Å². The van der Waals surface area contributed by atoms with Gasteiger partial charge in [0.05, 0.1) is 20.8 Å². The summed E-state index contributed by atoms with van der Waals surface area (Å²) in [6, 6.07) is -0.164. The fraction of sp³-hybridized carbons (Fsp3) is 0.800. The Kier molecular flexibility index (Phi) is 9.12. The highest BCUT2D eigenvalue weighted by molar-refractivity contribution is 5.94. The van der Waals surface area contributed by atoms with Crippen LogP contribution in [-0.2, 0) is 18.9 Å². The minimum atomic E-state index is -0.104. The number of aliphatic imine (C=N–C) groups is 2. The Balaban J connectivity index is 1.72. The zero-order chi connectivity index (χ0) is 18.8. The van der Waals surface area contributed by atoms with Crippen molar-refractivity contribution in [2.45, 2.75) is 70.7 Å². The van der Waals surface area contributed by atoms with E-state index in [1.54, 1.807) is 14.2 Å². The highest BCUT2D eigenvalue weighted by Crippen LogP contribution is 2.19. The van der Waals surface area contributed by atoms with Crippen LogP contribution in [0.15, 0.2) is 22.1 Å². The van der Waals surface area contributed by atoms with E-state index in [9.17, 15) is 0 Å². The van der Waals surface area contributed by atoms with Crippen molar-refractivity contribution in [3.63, 3.8) is 0 Å². The molecular formula is C20H34N2O4. The maximum absolute atomic E-state index is 5.74. The molecule has 3 atom stereocenters. The standard InChI is InChI=1S/C20H34N2O4/c1-15(2)18-20(24-4)21-16(19(22-18)23-3)11-7-5-6-9-13-25-17-12-8-10-14-26-17/h5,7,15-18H,6,8-14H2,1-4H3/b7-5+/t16?,17-,18-/m1/s1. The summed E-state index contributed by atoms with van der Waals surface area (Å²) < 4.78 is 22.2. The SMILES string of the molecule is COC1=N[C@H](C(C)C)C(OC)=NC1C/C=C/CCCO[C@H]1CCCCO1. The van der Waals surface area contributed by atoms with Crippen LogP contribution in [0.1, 0.15) is 52.4 Å². The average molecular weight is 367 g/mol. The summed E-state index contributed by atoms with van der Waals surface area (Å²) in [5.41, 5.74) is 0. The summed E-state index contributed by atoms with van der Waals surface area (Å²) in [7, 11) is 3.31. The molecule has 2 rings (SSSR count). The van der Waals surface area contributed by atoms with E-state index in [-0.39, 0.29) is 18.4 Å². The third-order valence-corrected chi connectivity index (χ3v) is 4.62. The molecule has 6 heteroatoms. The van der Waals surface area contributed by atoms with E-state index in [1.165, 1.54) is 6.42 Å². The summed E-state index contributed by atoms with van der Waals surface area (Å²) in [5.74, 6) is 1.70. The molecule has 0 spiro atoms. The first-order valence-electron chi connectivity index (χ1n) is 9.77. The smallest absolute Gasteiger partial charge is 0.209 e. The van der Waals surface area contributed by atoms with Crippen molar-refractivity contribution in [3.05, 3.63) is 12.2 Å².